The largest absolute Gasteiger partial charge is 0.396 e. The number of hydrogen-bond acceptors (Lipinski definition) is 3. The zero-order valence-electron chi connectivity index (χ0n) is 10.0. The highest BCUT2D eigenvalue weighted by atomic mass is 79.9. The molecular formula is C12H19BrN2O. The van der Waals surface area contributed by atoms with Crippen molar-refractivity contribution in [2.45, 2.75) is 27.2 Å². The molecule has 0 saturated heterocycles. The number of anilines is 1. The number of aliphatic hydroxyl groups is 1. The number of hydrogen-bond donors (Lipinski definition) is 2. The Labute approximate surface area is 105 Å². The summed E-state index contributed by atoms with van der Waals surface area (Å²) in [6.45, 7) is 7.11. The molecule has 0 radical (unpaired) electrons. The molecule has 0 aliphatic heterocycles. The van der Waals surface area contributed by atoms with Crippen LogP contribution in [0.2, 0.25) is 0 Å². The number of pyridine rings is 1. The van der Waals surface area contributed by atoms with Crippen LogP contribution in [0.15, 0.2) is 16.9 Å². The molecule has 1 heterocycles. The summed E-state index contributed by atoms with van der Waals surface area (Å²) in [7, 11) is 0. The van der Waals surface area contributed by atoms with Crippen LogP contribution in [0.4, 0.5) is 5.69 Å². The lowest BCUT2D eigenvalue weighted by molar-refractivity contribution is 0.149. The van der Waals surface area contributed by atoms with Crippen LogP contribution in [0, 0.1) is 12.3 Å². The van der Waals surface area contributed by atoms with Crippen LogP contribution in [0.1, 0.15) is 25.8 Å². The molecule has 4 heteroatoms. The second kappa shape index (κ2) is 5.64. The fraction of sp³-hybridized carbons (Fsp3) is 0.583. The van der Waals surface area contributed by atoms with Crippen LogP contribution in [0.5, 0.6) is 0 Å². The lowest BCUT2D eigenvalue weighted by atomic mass is 9.88. The van der Waals surface area contributed by atoms with E-state index in [9.17, 15) is 5.11 Å². The van der Waals surface area contributed by atoms with Gasteiger partial charge in [-0.05, 0) is 40.9 Å². The molecule has 0 aliphatic carbocycles. The van der Waals surface area contributed by atoms with Crippen molar-refractivity contribution in [3.05, 3.63) is 22.4 Å². The van der Waals surface area contributed by atoms with E-state index in [0.717, 1.165) is 28.8 Å². The lowest BCUT2D eigenvalue weighted by Crippen LogP contribution is -2.29. The minimum absolute atomic E-state index is 0.0685. The third kappa shape index (κ3) is 3.46. The summed E-state index contributed by atoms with van der Waals surface area (Å²) < 4.78 is 0.874. The van der Waals surface area contributed by atoms with Gasteiger partial charge in [0.05, 0.1) is 18.5 Å². The fourth-order valence-electron chi connectivity index (χ4n) is 1.26. The number of aliphatic hydroxyl groups excluding tert-OH is 1. The molecule has 1 aromatic heterocycles. The van der Waals surface area contributed by atoms with E-state index < -0.39 is 0 Å². The first-order chi connectivity index (χ1) is 7.50. The van der Waals surface area contributed by atoms with Gasteiger partial charge < -0.3 is 10.4 Å². The Morgan fingerprint density at radius 1 is 1.56 bits per heavy atom. The molecular weight excluding hydrogens is 268 g/mol. The van der Waals surface area contributed by atoms with Gasteiger partial charge in [-0.1, -0.05) is 13.8 Å². The Morgan fingerprint density at radius 3 is 2.75 bits per heavy atom. The van der Waals surface area contributed by atoms with E-state index in [2.05, 4.69) is 40.1 Å². The van der Waals surface area contributed by atoms with Crippen molar-refractivity contribution in [3.8, 4) is 0 Å². The summed E-state index contributed by atoms with van der Waals surface area (Å²) >= 11 is 3.37. The molecule has 0 aliphatic rings. The zero-order chi connectivity index (χ0) is 12.2. The fourth-order valence-corrected chi connectivity index (χ4v) is 1.48. The quantitative estimate of drug-likeness (QED) is 0.818. The van der Waals surface area contributed by atoms with Gasteiger partial charge in [-0.25, -0.2) is 4.98 Å². The predicted octanol–water partition coefficient (Wildman–Crippen LogP) is 2.97. The molecule has 0 aromatic carbocycles. The first kappa shape index (κ1) is 13.5. The average Bonchev–Trinajstić information content (AvgIpc) is 2.30. The number of nitrogens with one attached hydrogen (secondary N) is 1. The maximum absolute atomic E-state index is 9.30. The van der Waals surface area contributed by atoms with Gasteiger partial charge in [-0.2, -0.15) is 0 Å². The van der Waals surface area contributed by atoms with Crippen molar-refractivity contribution in [3.63, 3.8) is 0 Å². The van der Waals surface area contributed by atoms with Gasteiger partial charge >= 0.3 is 0 Å². The summed E-state index contributed by atoms with van der Waals surface area (Å²) in [5.74, 6) is 0. The molecule has 1 rings (SSSR count). The van der Waals surface area contributed by atoms with Gasteiger partial charge in [0.25, 0.3) is 0 Å². The number of aromatic nitrogens is 1. The highest BCUT2D eigenvalue weighted by Gasteiger charge is 2.20. The molecule has 1 atom stereocenters. The molecule has 3 nitrogen and oxygen atoms in total. The second-order valence-electron chi connectivity index (χ2n) is 4.51. The first-order valence-electron chi connectivity index (χ1n) is 5.47. The topological polar surface area (TPSA) is 45.1 Å². The monoisotopic (exact) mass is 286 g/mol. The van der Waals surface area contributed by atoms with E-state index in [1.165, 1.54) is 0 Å². The van der Waals surface area contributed by atoms with Gasteiger partial charge in [-0.15, -0.1) is 0 Å². The third-order valence-electron chi connectivity index (χ3n) is 2.97. The molecule has 1 unspecified atom stereocenters. The number of halogens is 1. The normalized spacial score (nSPS) is 14.6. The van der Waals surface area contributed by atoms with Crippen molar-refractivity contribution < 1.29 is 5.11 Å². The molecule has 16 heavy (non-hydrogen) atoms. The maximum atomic E-state index is 9.30. The second-order valence-corrected chi connectivity index (χ2v) is 5.26. The first-order valence-corrected chi connectivity index (χ1v) is 6.27. The summed E-state index contributed by atoms with van der Waals surface area (Å²) in [6.07, 6.45) is 2.74. The van der Waals surface area contributed by atoms with E-state index in [1.807, 2.05) is 13.0 Å². The number of rotatable bonds is 5. The summed E-state index contributed by atoms with van der Waals surface area (Å²) in [6, 6.07) is 2.05. The Hall–Kier alpha value is -0.610. The zero-order valence-corrected chi connectivity index (χ0v) is 11.6. The third-order valence-corrected chi connectivity index (χ3v) is 3.80. The summed E-state index contributed by atoms with van der Waals surface area (Å²) in [4.78, 5) is 4.22. The SMILES string of the molecule is CCC(C)(CO)CNc1cnc(Br)c(C)c1. The highest BCUT2D eigenvalue weighted by molar-refractivity contribution is 9.10. The van der Waals surface area contributed by atoms with Gasteiger partial charge in [-0.3, -0.25) is 0 Å². The van der Waals surface area contributed by atoms with Crippen molar-refractivity contribution in [2.24, 2.45) is 5.41 Å². The predicted molar refractivity (Wildman–Crippen MR) is 70.6 cm³/mol. The van der Waals surface area contributed by atoms with Crippen molar-refractivity contribution in [1.82, 2.24) is 4.98 Å². The van der Waals surface area contributed by atoms with E-state index in [0.29, 0.717) is 0 Å². The van der Waals surface area contributed by atoms with Gasteiger partial charge in [0, 0.05) is 12.0 Å². The van der Waals surface area contributed by atoms with E-state index >= 15 is 0 Å². The minimum atomic E-state index is -0.0685. The van der Waals surface area contributed by atoms with Crippen molar-refractivity contribution in [1.29, 1.82) is 0 Å². The molecule has 2 N–H and O–H groups in total. The van der Waals surface area contributed by atoms with Crippen LogP contribution in [0.25, 0.3) is 0 Å². The van der Waals surface area contributed by atoms with Crippen LogP contribution < -0.4 is 5.32 Å². The molecule has 0 saturated carbocycles. The highest BCUT2D eigenvalue weighted by Crippen LogP contribution is 2.22. The Balaban J connectivity index is 2.64. The lowest BCUT2D eigenvalue weighted by Gasteiger charge is -2.26. The molecule has 1 aromatic rings. The molecule has 90 valence electrons. The average molecular weight is 287 g/mol. The number of nitrogens with zero attached hydrogens (tertiary/aromatic N) is 1. The smallest absolute Gasteiger partial charge is 0.109 e. The molecule has 0 bridgehead atoms. The van der Waals surface area contributed by atoms with Crippen molar-refractivity contribution in [2.75, 3.05) is 18.5 Å². The van der Waals surface area contributed by atoms with Gasteiger partial charge in [0.15, 0.2) is 0 Å². The van der Waals surface area contributed by atoms with Crippen molar-refractivity contribution >= 4 is 21.6 Å². The Bertz CT molecular complexity index is 351. The maximum Gasteiger partial charge on any atom is 0.109 e. The minimum Gasteiger partial charge on any atom is -0.396 e. The molecule has 0 spiro atoms. The summed E-state index contributed by atoms with van der Waals surface area (Å²) in [5, 5.41) is 12.6. The van der Waals surface area contributed by atoms with Crippen LogP contribution in [-0.4, -0.2) is 23.2 Å². The van der Waals surface area contributed by atoms with E-state index in [-0.39, 0.29) is 12.0 Å². The van der Waals surface area contributed by atoms with E-state index in [1.54, 1.807) is 6.20 Å². The Morgan fingerprint density at radius 2 is 2.25 bits per heavy atom. The van der Waals surface area contributed by atoms with E-state index in [4.69, 9.17) is 0 Å². The van der Waals surface area contributed by atoms with Gasteiger partial charge in [0.2, 0.25) is 0 Å². The standard InChI is InChI=1S/C12H19BrN2O/c1-4-12(3,8-16)7-15-10-5-9(2)11(13)14-6-10/h5-6,15-16H,4,7-8H2,1-3H3. The Kier molecular flexibility index (Phi) is 4.74. The van der Waals surface area contributed by atoms with Gasteiger partial charge in [0.1, 0.15) is 4.60 Å². The van der Waals surface area contributed by atoms with Crippen LogP contribution >= 0.6 is 15.9 Å². The summed E-state index contributed by atoms with van der Waals surface area (Å²) in [5.41, 5.74) is 2.03. The van der Waals surface area contributed by atoms with Crippen LogP contribution in [-0.2, 0) is 0 Å². The molecule has 0 amide bonds. The van der Waals surface area contributed by atoms with Crippen LogP contribution in [0.3, 0.4) is 0 Å². The molecule has 0 fully saturated rings. The number of aryl methyl sites for hydroxylation is 1.